The van der Waals surface area contributed by atoms with E-state index in [1.807, 2.05) is 18.7 Å². The van der Waals surface area contributed by atoms with E-state index in [0.29, 0.717) is 39.3 Å². The van der Waals surface area contributed by atoms with E-state index in [4.69, 9.17) is 4.74 Å². The number of nitrogens with one attached hydrogen (secondary N) is 2. The van der Waals surface area contributed by atoms with Crippen molar-refractivity contribution in [1.82, 2.24) is 20.2 Å². The molecule has 0 aromatic carbocycles. The van der Waals surface area contributed by atoms with Crippen LogP contribution in [0.3, 0.4) is 0 Å². The maximum Gasteiger partial charge on any atom is 0.240 e. The minimum atomic E-state index is -0.169. The number of amides is 1. The van der Waals surface area contributed by atoms with E-state index in [2.05, 4.69) is 15.3 Å². The maximum atomic E-state index is 12.4. The predicted octanol–water partition coefficient (Wildman–Crippen LogP) is 0.309. The zero-order valence-electron chi connectivity index (χ0n) is 11.6. The van der Waals surface area contributed by atoms with Gasteiger partial charge in [-0.2, -0.15) is 0 Å². The Kier molecular flexibility index (Phi) is 4.93. The van der Waals surface area contributed by atoms with E-state index in [1.54, 1.807) is 6.33 Å². The molecule has 0 aliphatic carbocycles. The number of ether oxygens (including phenoxy) is 1. The van der Waals surface area contributed by atoms with Gasteiger partial charge in [0.05, 0.1) is 30.4 Å². The van der Waals surface area contributed by atoms with E-state index < -0.39 is 0 Å². The molecule has 6 heteroatoms. The molecule has 1 aliphatic rings. The van der Waals surface area contributed by atoms with Gasteiger partial charge in [0.25, 0.3) is 0 Å². The van der Waals surface area contributed by atoms with Gasteiger partial charge in [0.1, 0.15) is 0 Å². The van der Waals surface area contributed by atoms with E-state index in [-0.39, 0.29) is 11.9 Å². The average Bonchev–Trinajstić information content (AvgIpc) is 2.90. The quantitative estimate of drug-likeness (QED) is 0.727. The number of carbonyl (C=O) groups is 1. The largest absolute Gasteiger partial charge is 0.380 e. The van der Waals surface area contributed by atoms with Crippen molar-refractivity contribution in [3.8, 4) is 0 Å². The zero-order chi connectivity index (χ0) is 13.7. The number of carbonyl (C=O) groups excluding carboxylic acids is 1. The molecule has 2 rings (SSSR count). The number of likely N-dealkylation sites (N-methyl/N-ethyl adjacent to an activating group) is 1. The summed E-state index contributed by atoms with van der Waals surface area (Å²) in [6, 6.07) is -0.169. The first kappa shape index (κ1) is 14.0. The van der Waals surface area contributed by atoms with Gasteiger partial charge >= 0.3 is 0 Å². The van der Waals surface area contributed by atoms with Gasteiger partial charge in [-0.25, -0.2) is 4.98 Å². The summed E-state index contributed by atoms with van der Waals surface area (Å²) in [6.07, 6.45) is 2.34. The van der Waals surface area contributed by atoms with Crippen LogP contribution in [0.15, 0.2) is 6.33 Å². The molecule has 2 N–H and O–H groups in total. The average molecular weight is 266 g/mol. The number of hydrogen-bond donors (Lipinski definition) is 2. The number of hydrogen-bond acceptors (Lipinski definition) is 4. The van der Waals surface area contributed by atoms with Gasteiger partial charge in [-0.15, -0.1) is 0 Å². The first-order valence-corrected chi connectivity index (χ1v) is 6.87. The molecule has 0 saturated heterocycles. The molecule has 2 heterocycles. The Bertz CT molecular complexity index is 419. The van der Waals surface area contributed by atoms with Crippen molar-refractivity contribution in [3.63, 3.8) is 0 Å². The molecule has 0 saturated carbocycles. The van der Waals surface area contributed by atoms with Crippen molar-refractivity contribution >= 4 is 5.91 Å². The van der Waals surface area contributed by atoms with Crippen LogP contribution in [-0.2, 0) is 22.5 Å². The molecule has 0 spiro atoms. The third-order valence-electron chi connectivity index (χ3n) is 3.43. The second-order valence-electron chi connectivity index (χ2n) is 4.58. The minimum absolute atomic E-state index is 0.135. The Balaban J connectivity index is 1.91. The number of H-pyrrole nitrogens is 1. The minimum Gasteiger partial charge on any atom is -0.380 e. The third-order valence-corrected chi connectivity index (χ3v) is 3.43. The number of aromatic amines is 1. The van der Waals surface area contributed by atoms with Gasteiger partial charge in [-0.3, -0.25) is 10.1 Å². The monoisotopic (exact) mass is 266 g/mol. The molecule has 1 aromatic heterocycles. The van der Waals surface area contributed by atoms with Crippen molar-refractivity contribution in [1.29, 1.82) is 0 Å². The van der Waals surface area contributed by atoms with Crippen LogP contribution in [0.1, 0.15) is 25.2 Å². The zero-order valence-corrected chi connectivity index (χ0v) is 11.6. The lowest BCUT2D eigenvalue weighted by Crippen LogP contribution is -2.50. The molecule has 1 atom stereocenters. The summed E-state index contributed by atoms with van der Waals surface area (Å²) in [5, 5.41) is 3.26. The second kappa shape index (κ2) is 6.68. The van der Waals surface area contributed by atoms with Crippen molar-refractivity contribution in [3.05, 3.63) is 17.7 Å². The van der Waals surface area contributed by atoms with Crippen LogP contribution in [0.2, 0.25) is 0 Å². The Morgan fingerprint density at radius 1 is 1.58 bits per heavy atom. The fraction of sp³-hybridized carbons (Fsp3) is 0.692. The van der Waals surface area contributed by atoms with E-state index in [1.165, 1.54) is 0 Å². The number of aromatic nitrogens is 2. The molecule has 0 fully saturated rings. The Morgan fingerprint density at radius 3 is 3.16 bits per heavy atom. The molecule has 19 heavy (non-hydrogen) atoms. The van der Waals surface area contributed by atoms with Crippen LogP contribution in [0.5, 0.6) is 0 Å². The van der Waals surface area contributed by atoms with Gasteiger partial charge in [-0.05, 0) is 13.8 Å². The molecule has 1 amide bonds. The highest BCUT2D eigenvalue weighted by Crippen LogP contribution is 2.13. The van der Waals surface area contributed by atoms with Crippen LogP contribution in [-0.4, -0.2) is 53.1 Å². The van der Waals surface area contributed by atoms with Crippen molar-refractivity contribution < 1.29 is 9.53 Å². The van der Waals surface area contributed by atoms with E-state index in [0.717, 1.165) is 11.4 Å². The maximum absolute atomic E-state index is 12.4. The summed E-state index contributed by atoms with van der Waals surface area (Å²) >= 11 is 0. The molecular weight excluding hydrogens is 244 g/mol. The molecule has 106 valence electrons. The normalized spacial score (nSPS) is 18.1. The topological polar surface area (TPSA) is 70.2 Å². The summed E-state index contributed by atoms with van der Waals surface area (Å²) in [4.78, 5) is 21.6. The summed E-state index contributed by atoms with van der Waals surface area (Å²) in [5.74, 6) is 0.135. The number of rotatable bonds is 6. The van der Waals surface area contributed by atoms with Gasteiger partial charge < -0.3 is 14.6 Å². The highest BCUT2D eigenvalue weighted by atomic mass is 16.5. The molecule has 1 aromatic rings. The number of imidazole rings is 1. The summed E-state index contributed by atoms with van der Waals surface area (Å²) in [6.45, 7) is 7.26. The lowest BCUT2D eigenvalue weighted by atomic mass is 10.0. The van der Waals surface area contributed by atoms with Crippen molar-refractivity contribution in [2.24, 2.45) is 0 Å². The summed E-state index contributed by atoms with van der Waals surface area (Å²) in [7, 11) is 0. The smallest absolute Gasteiger partial charge is 0.240 e. The van der Waals surface area contributed by atoms with Crippen LogP contribution in [0.25, 0.3) is 0 Å². The van der Waals surface area contributed by atoms with E-state index >= 15 is 0 Å². The van der Waals surface area contributed by atoms with Crippen LogP contribution < -0.4 is 5.32 Å². The lowest BCUT2D eigenvalue weighted by molar-refractivity contribution is -0.134. The predicted molar refractivity (Wildman–Crippen MR) is 71.7 cm³/mol. The van der Waals surface area contributed by atoms with Gasteiger partial charge in [0.15, 0.2) is 0 Å². The Morgan fingerprint density at radius 2 is 2.42 bits per heavy atom. The van der Waals surface area contributed by atoms with Crippen molar-refractivity contribution in [2.45, 2.75) is 32.9 Å². The molecule has 1 aliphatic heterocycles. The standard InChI is InChI=1S/C13H22N4O2/c1-3-17(5-6-19-4-2)13(18)11-7-10-12(8-14-11)16-9-15-10/h9,11,14H,3-8H2,1-2H3,(H,15,16). The number of nitrogens with zero attached hydrogens (tertiary/aromatic N) is 2. The Hall–Kier alpha value is -1.40. The van der Waals surface area contributed by atoms with Crippen LogP contribution in [0, 0.1) is 0 Å². The van der Waals surface area contributed by atoms with Gasteiger partial charge in [-0.1, -0.05) is 0 Å². The Labute approximate surface area is 113 Å². The van der Waals surface area contributed by atoms with E-state index in [9.17, 15) is 4.79 Å². The summed E-state index contributed by atoms with van der Waals surface area (Å²) < 4.78 is 5.32. The van der Waals surface area contributed by atoms with Gasteiger partial charge in [0, 0.05) is 32.7 Å². The molecule has 1 unspecified atom stereocenters. The SMILES string of the molecule is CCOCCN(CC)C(=O)C1Cc2nc[nH]c2CN1. The van der Waals surface area contributed by atoms with Crippen LogP contribution >= 0.6 is 0 Å². The van der Waals surface area contributed by atoms with Crippen molar-refractivity contribution in [2.75, 3.05) is 26.3 Å². The first-order chi connectivity index (χ1) is 9.26. The second-order valence-corrected chi connectivity index (χ2v) is 4.58. The summed E-state index contributed by atoms with van der Waals surface area (Å²) in [5.41, 5.74) is 2.08. The molecular formula is C13H22N4O2. The first-order valence-electron chi connectivity index (χ1n) is 6.87. The molecule has 0 radical (unpaired) electrons. The highest BCUT2D eigenvalue weighted by molar-refractivity contribution is 5.82. The fourth-order valence-corrected chi connectivity index (χ4v) is 2.31. The van der Waals surface area contributed by atoms with Crippen LogP contribution in [0.4, 0.5) is 0 Å². The number of fused-ring (bicyclic) bond motifs is 1. The lowest BCUT2D eigenvalue weighted by Gasteiger charge is -2.28. The third kappa shape index (κ3) is 3.33. The fourth-order valence-electron chi connectivity index (χ4n) is 2.31. The van der Waals surface area contributed by atoms with Gasteiger partial charge in [0.2, 0.25) is 5.91 Å². The molecule has 6 nitrogen and oxygen atoms in total. The highest BCUT2D eigenvalue weighted by Gasteiger charge is 2.28. The molecule has 0 bridgehead atoms.